The van der Waals surface area contributed by atoms with Crippen molar-refractivity contribution < 1.29 is 19.0 Å². The molecule has 0 bridgehead atoms. The van der Waals surface area contributed by atoms with Crippen molar-refractivity contribution in [3.63, 3.8) is 0 Å². The highest BCUT2D eigenvalue weighted by molar-refractivity contribution is 7.16. The van der Waals surface area contributed by atoms with Gasteiger partial charge in [-0.25, -0.2) is 4.98 Å². The predicted octanol–water partition coefficient (Wildman–Crippen LogP) is 2.95. The molecule has 2 aromatic rings. The van der Waals surface area contributed by atoms with Crippen molar-refractivity contribution >= 4 is 22.4 Å². The first-order valence-corrected chi connectivity index (χ1v) is 10.9. The maximum absolute atomic E-state index is 12.2. The van der Waals surface area contributed by atoms with Crippen LogP contribution in [0.2, 0.25) is 0 Å². The van der Waals surface area contributed by atoms with Crippen molar-refractivity contribution in [3.05, 3.63) is 29.1 Å². The number of carbonyl (C=O) groups excluding carboxylic acids is 1. The molecule has 2 aliphatic heterocycles. The molecule has 2 aliphatic rings. The smallest absolute Gasteiger partial charge is 0.255 e. The normalized spacial score (nSPS) is 20.0. The minimum absolute atomic E-state index is 0.105. The SMILES string of the molecule is Cc1sc(NC(=O)C2CCCO2)nc1-c1ccc(OCCN2CCOCC2)cc1. The zero-order valence-corrected chi connectivity index (χ0v) is 17.5. The Hall–Kier alpha value is -2.00. The van der Waals surface area contributed by atoms with E-state index >= 15 is 0 Å². The third kappa shape index (κ3) is 5.33. The maximum Gasteiger partial charge on any atom is 0.255 e. The molecular formula is C21H27N3O4S. The van der Waals surface area contributed by atoms with Gasteiger partial charge in [-0.15, -0.1) is 11.3 Å². The molecule has 156 valence electrons. The molecule has 1 unspecified atom stereocenters. The molecule has 1 aromatic heterocycles. The van der Waals surface area contributed by atoms with E-state index in [-0.39, 0.29) is 12.0 Å². The van der Waals surface area contributed by atoms with E-state index < -0.39 is 0 Å². The fourth-order valence-electron chi connectivity index (χ4n) is 3.51. The zero-order chi connectivity index (χ0) is 20.1. The summed E-state index contributed by atoms with van der Waals surface area (Å²) in [6.07, 6.45) is 1.36. The van der Waals surface area contributed by atoms with Gasteiger partial charge in [0.05, 0.1) is 18.9 Å². The molecule has 8 heteroatoms. The Morgan fingerprint density at radius 1 is 1.28 bits per heavy atom. The summed E-state index contributed by atoms with van der Waals surface area (Å²) < 4.78 is 16.7. The van der Waals surface area contributed by atoms with E-state index in [0.29, 0.717) is 18.3 Å². The Bertz CT molecular complexity index is 812. The van der Waals surface area contributed by atoms with Gasteiger partial charge in [-0.3, -0.25) is 15.0 Å². The lowest BCUT2D eigenvalue weighted by atomic mass is 10.1. The van der Waals surface area contributed by atoms with Crippen molar-refractivity contribution in [2.75, 3.05) is 51.4 Å². The molecule has 1 atom stereocenters. The molecule has 0 spiro atoms. The number of hydrogen-bond donors (Lipinski definition) is 1. The highest BCUT2D eigenvalue weighted by Crippen LogP contribution is 2.31. The number of hydrogen-bond acceptors (Lipinski definition) is 7. The molecule has 7 nitrogen and oxygen atoms in total. The van der Waals surface area contributed by atoms with E-state index in [1.165, 1.54) is 11.3 Å². The standard InChI is InChI=1S/C21H27N3O4S/c1-15-19(22-21(29-15)23-20(25)18-3-2-11-28-18)16-4-6-17(7-5-16)27-14-10-24-8-12-26-13-9-24/h4-7,18H,2-3,8-14H2,1H3,(H,22,23,25). The van der Waals surface area contributed by atoms with Crippen LogP contribution in [0, 0.1) is 6.92 Å². The van der Waals surface area contributed by atoms with Gasteiger partial charge < -0.3 is 14.2 Å². The topological polar surface area (TPSA) is 72.9 Å². The second-order valence-corrected chi connectivity index (χ2v) is 8.44. The quantitative estimate of drug-likeness (QED) is 0.747. The lowest BCUT2D eigenvalue weighted by Crippen LogP contribution is -2.38. The number of rotatable bonds is 7. The van der Waals surface area contributed by atoms with E-state index in [2.05, 4.69) is 15.2 Å². The molecule has 2 fully saturated rings. The Morgan fingerprint density at radius 2 is 2.07 bits per heavy atom. The zero-order valence-electron chi connectivity index (χ0n) is 16.7. The summed E-state index contributed by atoms with van der Waals surface area (Å²) in [5.41, 5.74) is 1.90. The van der Waals surface area contributed by atoms with Crippen molar-refractivity contribution in [2.24, 2.45) is 0 Å². The lowest BCUT2D eigenvalue weighted by Gasteiger charge is -2.26. The number of carbonyl (C=O) groups is 1. The van der Waals surface area contributed by atoms with Gasteiger partial charge in [-0.05, 0) is 44.0 Å². The maximum atomic E-state index is 12.2. The molecule has 29 heavy (non-hydrogen) atoms. The number of aromatic nitrogens is 1. The Kier molecular flexibility index (Phi) is 6.76. The highest BCUT2D eigenvalue weighted by atomic mass is 32.1. The van der Waals surface area contributed by atoms with Crippen LogP contribution in [0.5, 0.6) is 5.75 Å². The van der Waals surface area contributed by atoms with Crippen LogP contribution in [0.3, 0.4) is 0 Å². The summed E-state index contributed by atoms with van der Waals surface area (Å²) >= 11 is 1.48. The largest absolute Gasteiger partial charge is 0.492 e. The predicted molar refractivity (Wildman–Crippen MR) is 113 cm³/mol. The van der Waals surface area contributed by atoms with Crippen LogP contribution in [0.15, 0.2) is 24.3 Å². The van der Waals surface area contributed by atoms with Crippen LogP contribution in [-0.2, 0) is 14.3 Å². The number of thiazole rings is 1. The van der Waals surface area contributed by atoms with Crippen LogP contribution < -0.4 is 10.1 Å². The number of aryl methyl sites for hydroxylation is 1. The molecule has 1 amide bonds. The Balaban J connectivity index is 1.32. The number of morpholine rings is 1. The van der Waals surface area contributed by atoms with Gasteiger partial charge in [-0.1, -0.05) is 0 Å². The van der Waals surface area contributed by atoms with E-state index in [1.807, 2.05) is 31.2 Å². The first kappa shape index (κ1) is 20.3. The summed E-state index contributed by atoms with van der Waals surface area (Å²) in [6.45, 7) is 7.78. The number of ether oxygens (including phenoxy) is 3. The summed E-state index contributed by atoms with van der Waals surface area (Å²) in [7, 11) is 0. The van der Waals surface area contributed by atoms with E-state index in [4.69, 9.17) is 14.2 Å². The third-order valence-corrected chi connectivity index (χ3v) is 6.04. The third-order valence-electron chi connectivity index (χ3n) is 5.16. The van der Waals surface area contributed by atoms with Crippen LogP contribution in [-0.4, -0.2) is 68.0 Å². The summed E-state index contributed by atoms with van der Waals surface area (Å²) in [4.78, 5) is 20.3. The second kappa shape index (κ2) is 9.67. The molecule has 0 radical (unpaired) electrons. The Morgan fingerprint density at radius 3 is 2.79 bits per heavy atom. The van der Waals surface area contributed by atoms with Crippen molar-refractivity contribution in [1.82, 2.24) is 9.88 Å². The van der Waals surface area contributed by atoms with Gasteiger partial charge in [0.25, 0.3) is 5.91 Å². The molecule has 4 rings (SSSR count). The van der Waals surface area contributed by atoms with Gasteiger partial charge in [0.2, 0.25) is 0 Å². The fourth-order valence-corrected chi connectivity index (χ4v) is 4.35. The van der Waals surface area contributed by atoms with Gasteiger partial charge in [0, 0.05) is 36.7 Å². The molecule has 1 aromatic carbocycles. The minimum atomic E-state index is -0.350. The van der Waals surface area contributed by atoms with Crippen molar-refractivity contribution in [3.8, 4) is 17.0 Å². The Labute approximate surface area is 175 Å². The van der Waals surface area contributed by atoms with Crippen LogP contribution in [0.1, 0.15) is 17.7 Å². The summed E-state index contributed by atoms with van der Waals surface area (Å²) in [6, 6.07) is 7.96. The van der Waals surface area contributed by atoms with Crippen molar-refractivity contribution in [1.29, 1.82) is 0 Å². The first-order chi connectivity index (χ1) is 14.2. The first-order valence-electron chi connectivity index (χ1n) is 10.1. The molecular weight excluding hydrogens is 390 g/mol. The number of anilines is 1. The fraction of sp³-hybridized carbons (Fsp3) is 0.524. The molecule has 0 aliphatic carbocycles. The molecule has 2 saturated heterocycles. The monoisotopic (exact) mass is 417 g/mol. The number of nitrogens with one attached hydrogen (secondary N) is 1. The van der Waals surface area contributed by atoms with Gasteiger partial charge in [0.1, 0.15) is 18.5 Å². The van der Waals surface area contributed by atoms with Gasteiger partial charge >= 0.3 is 0 Å². The average molecular weight is 418 g/mol. The number of benzene rings is 1. The second-order valence-electron chi connectivity index (χ2n) is 7.24. The molecule has 1 N–H and O–H groups in total. The van der Waals surface area contributed by atoms with Crippen LogP contribution in [0.4, 0.5) is 5.13 Å². The average Bonchev–Trinajstić information content (AvgIpc) is 3.40. The lowest BCUT2D eigenvalue weighted by molar-refractivity contribution is -0.124. The molecule has 0 saturated carbocycles. The van der Waals surface area contributed by atoms with Gasteiger partial charge in [-0.2, -0.15) is 0 Å². The van der Waals surface area contributed by atoms with E-state index in [1.54, 1.807) is 0 Å². The van der Waals surface area contributed by atoms with E-state index in [9.17, 15) is 4.79 Å². The summed E-state index contributed by atoms with van der Waals surface area (Å²) in [5.74, 6) is 0.744. The van der Waals surface area contributed by atoms with Gasteiger partial charge in [0.15, 0.2) is 5.13 Å². The van der Waals surface area contributed by atoms with E-state index in [0.717, 1.165) is 67.6 Å². The van der Waals surface area contributed by atoms with Crippen LogP contribution in [0.25, 0.3) is 11.3 Å². The number of amides is 1. The van der Waals surface area contributed by atoms with Crippen molar-refractivity contribution in [2.45, 2.75) is 25.9 Å². The highest BCUT2D eigenvalue weighted by Gasteiger charge is 2.24. The summed E-state index contributed by atoms with van der Waals surface area (Å²) in [5, 5.41) is 3.51. The molecule has 3 heterocycles. The minimum Gasteiger partial charge on any atom is -0.492 e. The van der Waals surface area contributed by atoms with Crippen LogP contribution >= 0.6 is 11.3 Å². The number of nitrogens with zero attached hydrogens (tertiary/aromatic N) is 2.